The number of Topliss-reactive ketones (excluding diaryl/α,β-unsaturated/α-hetero) is 1. The second kappa shape index (κ2) is 9.97. The number of ether oxygens (including phenoxy) is 4. The summed E-state index contributed by atoms with van der Waals surface area (Å²) in [5.41, 5.74) is -6.73. The van der Waals surface area contributed by atoms with Crippen molar-refractivity contribution in [1.82, 2.24) is 0 Å². The third-order valence-corrected chi connectivity index (χ3v) is 10.2. The summed E-state index contributed by atoms with van der Waals surface area (Å²) in [7, 11) is 0. The molecular weight excluding hydrogens is 548 g/mol. The third kappa shape index (κ3) is 4.08. The lowest BCUT2D eigenvalue weighted by Crippen LogP contribution is -2.81. The van der Waals surface area contributed by atoms with E-state index in [4.69, 9.17) is 18.9 Å². The summed E-state index contributed by atoms with van der Waals surface area (Å²) < 4.78 is 23.4. The molecule has 11 nitrogen and oxygen atoms in total. The Bertz CT molecular complexity index is 1350. The lowest BCUT2D eigenvalue weighted by atomic mass is 9.45. The van der Waals surface area contributed by atoms with E-state index in [1.165, 1.54) is 26.0 Å². The standard InChI is InChI=1S/C31H38O11/c1-15-19(34)13-31(38)26(41-27(37)18-10-8-7-9-11-18)24-29(6,20(35)12-21-30(24,14-39-21)42-17(3)33)25(36)23(40-16(2)32)22(15)28(31,4)5/h7-11,15,19-21,24,26,34-35,38H,12-14H2,1-6H3/t15?,19-,20?,21+,24-,26-,29+,30-,31+/m0/s1. The van der Waals surface area contributed by atoms with Crippen molar-refractivity contribution in [3.63, 3.8) is 0 Å². The molecule has 2 bridgehead atoms. The second-order valence-corrected chi connectivity index (χ2v) is 12.8. The Balaban J connectivity index is 1.86. The number of benzene rings is 1. The van der Waals surface area contributed by atoms with Gasteiger partial charge >= 0.3 is 17.9 Å². The van der Waals surface area contributed by atoms with Gasteiger partial charge in [-0.2, -0.15) is 0 Å². The van der Waals surface area contributed by atoms with Gasteiger partial charge in [-0.25, -0.2) is 4.79 Å². The van der Waals surface area contributed by atoms with E-state index in [-0.39, 0.29) is 30.6 Å². The molecule has 0 spiro atoms. The van der Waals surface area contributed by atoms with Gasteiger partial charge in [0.25, 0.3) is 0 Å². The molecule has 3 fully saturated rings. The number of hydrogen-bond donors (Lipinski definition) is 3. The number of ketones is 1. The highest BCUT2D eigenvalue weighted by atomic mass is 16.6. The van der Waals surface area contributed by atoms with Crippen molar-refractivity contribution >= 4 is 23.7 Å². The largest absolute Gasteiger partial charge is 0.455 e. The molecular formula is C31H38O11. The summed E-state index contributed by atoms with van der Waals surface area (Å²) in [5.74, 6) is -5.67. The molecule has 3 aliphatic carbocycles. The zero-order valence-corrected chi connectivity index (χ0v) is 24.6. The zero-order valence-electron chi connectivity index (χ0n) is 24.6. The molecule has 1 heterocycles. The van der Waals surface area contributed by atoms with Crippen LogP contribution < -0.4 is 0 Å². The fourth-order valence-electron chi connectivity index (χ4n) is 7.89. The van der Waals surface area contributed by atoms with Gasteiger partial charge < -0.3 is 34.3 Å². The predicted octanol–water partition coefficient (Wildman–Crippen LogP) is 1.86. The van der Waals surface area contributed by atoms with Gasteiger partial charge in [0.15, 0.2) is 11.4 Å². The van der Waals surface area contributed by atoms with Gasteiger partial charge in [0.05, 0.1) is 35.7 Å². The number of fused-ring (bicyclic) bond motifs is 5. The van der Waals surface area contributed by atoms with Crippen molar-refractivity contribution in [2.24, 2.45) is 22.7 Å². The molecule has 3 N–H and O–H groups in total. The first-order valence-electron chi connectivity index (χ1n) is 14.2. The lowest BCUT2D eigenvalue weighted by Gasteiger charge is -2.67. The molecule has 1 saturated heterocycles. The number of hydrogen-bond acceptors (Lipinski definition) is 11. The number of aliphatic hydroxyl groups is 3. The van der Waals surface area contributed by atoms with Crippen LogP contribution in [0.15, 0.2) is 41.7 Å². The van der Waals surface area contributed by atoms with E-state index >= 15 is 0 Å². The second-order valence-electron chi connectivity index (χ2n) is 12.8. The Morgan fingerprint density at radius 3 is 2.21 bits per heavy atom. The summed E-state index contributed by atoms with van der Waals surface area (Å²) >= 11 is 0. The van der Waals surface area contributed by atoms with Gasteiger partial charge in [-0.05, 0) is 24.6 Å². The monoisotopic (exact) mass is 586 g/mol. The molecule has 0 radical (unpaired) electrons. The minimum atomic E-state index is -2.11. The molecule has 1 aromatic rings. The van der Waals surface area contributed by atoms with Crippen LogP contribution in [0.4, 0.5) is 0 Å². The van der Waals surface area contributed by atoms with Gasteiger partial charge in [-0.15, -0.1) is 0 Å². The molecule has 11 heteroatoms. The number of carbonyl (C=O) groups excluding carboxylic acids is 4. The summed E-state index contributed by atoms with van der Waals surface area (Å²) in [5, 5.41) is 35.8. The molecule has 228 valence electrons. The van der Waals surface area contributed by atoms with Crippen LogP contribution in [0.2, 0.25) is 0 Å². The van der Waals surface area contributed by atoms with E-state index in [0.717, 1.165) is 6.92 Å². The number of esters is 3. The summed E-state index contributed by atoms with van der Waals surface area (Å²) in [6, 6.07) is 8.05. The number of rotatable bonds is 4. The van der Waals surface area contributed by atoms with E-state index < -0.39 is 87.7 Å². The molecule has 42 heavy (non-hydrogen) atoms. The molecule has 0 aromatic heterocycles. The Kier molecular flexibility index (Phi) is 7.20. The van der Waals surface area contributed by atoms with Crippen molar-refractivity contribution in [3.8, 4) is 0 Å². The van der Waals surface area contributed by atoms with Crippen LogP contribution in [0.25, 0.3) is 0 Å². The Labute approximate surface area is 243 Å². The highest BCUT2D eigenvalue weighted by Crippen LogP contribution is 2.64. The normalized spacial score (nSPS) is 40.4. The van der Waals surface area contributed by atoms with E-state index in [0.29, 0.717) is 0 Å². The average molecular weight is 587 g/mol. The average Bonchev–Trinajstić information content (AvgIpc) is 2.90. The van der Waals surface area contributed by atoms with Crippen LogP contribution in [-0.2, 0) is 33.3 Å². The fraction of sp³-hybridized carbons (Fsp3) is 0.613. The quantitative estimate of drug-likeness (QED) is 0.348. The van der Waals surface area contributed by atoms with Crippen molar-refractivity contribution in [1.29, 1.82) is 0 Å². The van der Waals surface area contributed by atoms with Crippen LogP contribution in [0.5, 0.6) is 0 Å². The third-order valence-electron chi connectivity index (χ3n) is 10.2. The number of allylic oxidation sites excluding steroid dienone is 1. The van der Waals surface area contributed by atoms with Crippen molar-refractivity contribution in [2.45, 2.75) is 90.0 Å². The van der Waals surface area contributed by atoms with E-state index in [2.05, 4.69) is 0 Å². The van der Waals surface area contributed by atoms with Crippen molar-refractivity contribution < 1.29 is 53.4 Å². The maximum atomic E-state index is 14.8. The van der Waals surface area contributed by atoms with Crippen LogP contribution in [0.3, 0.4) is 0 Å². The highest BCUT2D eigenvalue weighted by Gasteiger charge is 2.77. The fourth-order valence-corrected chi connectivity index (χ4v) is 7.89. The van der Waals surface area contributed by atoms with Gasteiger partial charge in [0.2, 0.25) is 5.78 Å². The summed E-state index contributed by atoms with van der Waals surface area (Å²) in [6.07, 6.45) is -5.61. The summed E-state index contributed by atoms with van der Waals surface area (Å²) in [4.78, 5) is 53.4. The van der Waals surface area contributed by atoms with Crippen molar-refractivity contribution in [3.05, 3.63) is 47.2 Å². The smallest absolute Gasteiger partial charge is 0.338 e. The van der Waals surface area contributed by atoms with E-state index in [9.17, 15) is 34.5 Å². The number of carbonyl (C=O) groups is 4. The van der Waals surface area contributed by atoms with Crippen LogP contribution in [0, 0.1) is 22.7 Å². The molecule has 9 atom stereocenters. The lowest BCUT2D eigenvalue weighted by molar-refractivity contribution is -0.345. The molecule has 1 aliphatic heterocycles. The first-order valence-corrected chi connectivity index (χ1v) is 14.2. The van der Waals surface area contributed by atoms with Crippen molar-refractivity contribution in [2.75, 3.05) is 6.61 Å². The van der Waals surface area contributed by atoms with Gasteiger partial charge in [0.1, 0.15) is 17.8 Å². The molecule has 0 amide bonds. The number of aliphatic hydroxyl groups excluding tert-OH is 2. The van der Waals surface area contributed by atoms with Crippen LogP contribution in [0.1, 0.15) is 64.7 Å². The maximum Gasteiger partial charge on any atom is 0.338 e. The minimum Gasteiger partial charge on any atom is -0.455 e. The predicted molar refractivity (Wildman–Crippen MR) is 144 cm³/mol. The van der Waals surface area contributed by atoms with Crippen LogP contribution in [-0.4, -0.2) is 81.2 Å². The molecule has 4 aliphatic rings. The Morgan fingerprint density at radius 1 is 1.02 bits per heavy atom. The Hall–Kier alpha value is -3.12. The zero-order chi connectivity index (χ0) is 31.0. The minimum absolute atomic E-state index is 0.117. The van der Waals surface area contributed by atoms with Gasteiger partial charge in [0, 0.05) is 38.0 Å². The van der Waals surface area contributed by atoms with E-state index in [1.807, 2.05) is 0 Å². The molecule has 2 saturated carbocycles. The SMILES string of the molecule is CC(=O)OC1=C2C(C)[C@@H](O)C[C@@](O)([C@@H](OC(=O)c3ccccc3)[C@@H]3[C@]4(OC(C)=O)CO[C@@H]4CC(O)[C@@]3(C)C1=O)C2(C)C. The topological polar surface area (TPSA) is 166 Å². The molecule has 1 aromatic carbocycles. The van der Waals surface area contributed by atoms with Gasteiger partial charge in [-0.1, -0.05) is 39.0 Å². The van der Waals surface area contributed by atoms with Gasteiger partial charge in [-0.3, -0.25) is 14.4 Å². The first kappa shape index (κ1) is 30.3. The maximum absolute atomic E-state index is 14.8. The van der Waals surface area contributed by atoms with Crippen LogP contribution >= 0.6 is 0 Å². The molecule has 5 rings (SSSR count). The summed E-state index contributed by atoms with van der Waals surface area (Å²) in [6.45, 7) is 8.45. The Morgan fingerprint density at radius 2 is 1.67 bits per heavy atom. The first-order chi connectivity index (χ1) is 19.5. The highest BCUT2D eigenvalue weighted by molar-refractivity contribution is 6.02. The van der Waals surface area contributed by atoms with E-state index in [1.54, 1.807) is 39.0 Å². The molecule has 2 unspecified atom stereocenters.